The standard InChI is InChI=1S/C25H21NO6S.Na/c1-29-16-4-6-17(7-5-16)32-24-19-12-20(30-2)21(31-3)14-22(19)33-23(24)13-18(25(27)28)15-8-10-26-11-9-15;/h4-14H,1-3H3,(H,27,28);/q;+1/p-1/b18-13-;. The Morgan fingerprint density at radius 3 is 2.12 bits per heavy atom. The zero-order valence-corrected chi connectivity index (χ0v) is 22.0. The van der Waals surface area contributed by atoms with E-state index in [1.54, 1.807) is 63.8 Å². The average molecular weight is 485 g/mol. The third kappa shape index (κ3) is 5.37. The van der Waals surface area contributed by atoms with Crippen molar-refractivity contribution in [2.45, 2.75) is 0 Å². The smallest absolute Gasteiger partial charge is 0.545 e. The fourth-order valence-electron chi connectivity index (χ4n) is 3.30. The van der Waals surface area contributed by atoms with Crippen molar-refractivity contribution in [3.63, 3.8) is 0 Å². The topological polar surface area (TPSA) is 89.9 Å². The molecule has 34 heavy (non-hydrogen) atoms. The average Bonchev–Trinajstić information content (AvgIpc) is 3.18. The van der Waals surface area contributed by atoms with Crippen LogP contribution in [0, 0.1) is 0 Å². The molecule has 4 aromatic rings. The van der Waals surface area contributed by atoms with E-state index >= 15 is 0 Å². The molecule has 2 heterocycles. The molecule has 2 aromatic heterocycles. The van der Waals surface area contributed by atoms with Gasteiger partial charge in [0.05, 0.1) is 32.2 Å². The zero-order chi connectivity index (χ0) is 23.4. The van der Waals surface area contributed by atoms with Gasteiger partial charge >= 0.3 is 29.6 Å². The SMILES string of the molecule is COc1ccc(Oc2c(/C=C(\C(=O)[O-])c3ccncc3)sc3cc(OC)c(OC)cc23)cc1.[Na+]. The number of aromatic nitrogens is 1. The molecule has 0 N–H and O–H groups in total. The van der Waals surface area contributed by atoms with Crippen molar-refractivity contribution in [2.24, 2.45) is 0 Å². The van der Waals surface area contributed by atoms with Crippen molar-refractivity contribution < 1.29 is 58.4 Å². The van der Waals surface area contributed by atoms with Crippen LogP contribution in [0.1, 0.15) is 10.4 Å². The molecular formula is C25H20NNaO6S. The third-order valence-corrected chi connectivity index (χ3v) is 6.02. The number of rotatable bonds is 8. The molecule has 0 saturated carbocycles. The maximum absolute atomic E-state index is 12.0. The van der Waals surface area contributed by atoms with E-state index in [9.17, 15) is 9.90 Å². The summed E-state index contributed by atoms with van der Waals surface area (Å²) in [5, 5.41) is 12.7. The number of carbonyl (C=O) groups excluding carboxylic acids is 1. The van der Waals surface area contributed by atoms with Crippen LogP contribution in [0.4, 0.5) is 0 Å². The molecule has 0 atom stereocenters. The number of nitrogens with zero attached hydrogens (tertiary/aromatic N) is 1. The Labute approximate surface area is 222 Å². The van der Waals surface area contributed by atoms with Crippen LogP contribution in [0.3, 0.4) is 0 Å². The molecule has 0 aliphatic rings. The van der Waals surface area contributed by atoms with Crippen molar-refractivity contribution in [1.29, 1.82) is 0 Å². The maximum atomic E-state index is 12.0. The number of carboxylic acids is 1. The number of methoxy groups -OCH3 is 3. The largest absolute Gasteiger partial charge is 1.00 e. The number of carbonyl (C=O) groups is 1. The van der Waals surface area contributed by atoms with Gasteiger partial charge in [0.2, 0.25) is 0 Å². The number of hydrogen-bond acceptors (Lipinski definition) is 8. The fourth-order valence-corrected chi connectivity index (χ4v) is 4.39. The minimum absolute atomic E-state index is 0. The van der Waals surface area contributed by atoms with Gasteiger partial charge in [-0.25, -0.2) is 0 Å². The van der Waals surface area contributed by atoms with Gasteiger partial charge < -0.3 is 28.8 Å². The summed E-state index contributed by atoms with van der Waals surface area (Å²) in [6.07, 6.45) is 4.61. The molecule has 7 nitrogen and oxygen atoms in total. The second-order valence-corrected chi connectivity index (χ2v) is 7.94. The molecule has 0 bridgehead atoms. The Balaban J connectivity index is 0.00000324. The summed E-state index contributed by atoms with van der Waals surface area (Å²) in [6, 6.07) is 14.0. The summed E-state index contributed by atoms with van der Waals surface area (Å²) in [7, 11) is 4.70. The van der Waals surface area contributed by atoms with Gasteiger partial charge in [-0.3, -0.25) is 4.98 Å². The zero-order valence-electron chi connectivity index (χ0n) is 19.2. The summed E-state index contributed by atoms with van der Waals surface area (Å²) < 4.78 is 23.2. The van der Waals surface area contributed by atoms with Crippen LogP contribution in [0.25, 0.3) is 21.7 Å². The van der Waals surface area contributed by atoms with Crippen LogP contribution in [0.2, 0.25) is 0 Å². The minimum atomic E-state index is -1.30. The molecule has 168 valence electrons. The van der Waals surface area contributed by atoms with Crippen LogP contribution >= 0.6 is 11.3 Å². The second-order valence-electron chi connectivity index (χ2n) is 6.86. The second kappa shape index (κ2) is 11.4. The Morgan fingerprint density at radius 1 is 0.912 bits per heavy atom. The van der Waals surface area contributed by atoms with Gasteiger partial charge in [-0.1, -0.05) is 0 Å². The van der Waals surface area contributed by atoms with Gasteiger partial charge in [-0.2, -0.15) is 0 Å². The van der Waals surface area contributed by atoms with E-state index in [2.05, 4.69) is 4.98 Å². The molecule has 0 fully saturated rings. The maximum Gasteiger partial charge on any atom is 1.00 e. The van der Waals surface area contributed by atoms with Gasteiger partial charge in [-0.15, -0.1) is 11.3 Å². The Bertz CT molecular complexity index is 1320. The molecule has 0 radical (unpaired) electrons. The van der Waals surface area contributed by atoms with Crippen LogP contribution in [0.15, 0.2) is 60.9 Å². The van der Waals surface area contributed by atoms with Gasteiger partial charge in [0.1, 0.15) is 11.5 Å². The predicted molar refractivity (Wildman–Crippen MR) is 125 cm³/mol. The Morgan fingerprint density at radius 2 is 1.53 bits per heavy atom. The van der Waals surface area contributed by atoms with Gasteiger partial charge in [-0.05, 0) is 54.1 Å². The summed E-state index contributed by atoms with van der Waals surface area (Å²) >= 11 is 1.37. The first kappa shape index (κ1) is 25.6. The van der Waals surface area contributed by atoms with Crippen molar-refractivity contribution in [1.82, 2.24) is 4.98 Å². The third-order valence-electron chi connectivity index (χ3n) is 4.94. The van der Waals surface area contributed by atoms with Crippen LogP contribution < -0.4 is 53.6 Å². The van der Waals surface area contributed by atoms with Crippen molar-refractivity contribution in [3.05, 3.63) is 71.4 Å². The molecular weight excluding hydrogens is 465 g/mol. The van der Waals surface area contributed by atoms with Crippen LogP contribution in [-0.4, -0.2) is 32.3 Å². The first-order valence-electron chi connectivity index (χ1n) is 9.88. The molecule has 0 unspecified atom stereocenters. The monoisotopic (exact) mass is 485 g/mol. The molecule has 4 rings (SSSR count). The number of thiophene rings is 1. The van der Waals surface area contributed by atoms with E-state index in [-0.39, 0.29) is 35.1 Å². The first-order chi connectivity index (χ1) is 16.0. The Kier molecular flexibility index (Phi) is 8.57. The molecule has 2 aromatic carbocycles. The van der Waals surface area contributed by atoms with Gasteiger partial charge in [0.15, 0.2) is 17.2 Å². The van der Waals surface area contributed by atoms with Crippen molar-refractivity contribution >= 4 is 39.0 Å². The summed E-state index contributed by atoms with van der Waals surface area (Å²) in [6.45, 7) is 0. The number of hydrogen-bond donors (Lipinski definition) is 0. The molecule has 9 heteroatoms. The van der Waals surface area contributed by atoms with E-state index in [1.807, 2.05) is 12.1 Å². The summed E-state index contributed by atoms with van der Waals surface area (Å²) in [4.78, 5) is 16.5. The van der Waals surface area contributed by atoms with Crippen molar-refractivity contribution in [3.8, 4) is 28.7 Å². The molecule has 0 amide bonds. The predicted octanol–water partition coefficient (Wildman–Crippen LogP) is 1.41. The molecule has 0 aliphatic heterocycles. The van der Waals surface area contributed by atoms with E-state index < -0.39 is 5.97 Å². The normalized spacial score (nSPS) is 11.0. The summed E-state index contributed by atoms with van der Waals surface area (Å²) in [5.74, 6) is 1.55. The number of aliphatic carboxylic acids is 1. The number of benzene rings is 2. The van der Waals surface area contributed by atoms with Crippen LogP contribution in [0.5, 0.6) is 28.7 Å². The summed E-state index contributed by atoms with van der Waals surface area (Å²) in [5.41, 5.74) is 0.496. The molecule has 0 aliphatic carbocycles. The van der Waals surface area contributed by atoms with E-state index in [1.165, 1.54) is 23.7 Å². The molecule has 0 spiro atoms. The van der Waals surface area contributed by atoms with E-state index in [0.717, 1.165) is 10.1 Å². The fraction of sp³-hybridized carbons (Fsp3) is 0.120. The number of carboxylic acid groups (broad SMARTS) is 1. The number of fused-ring (bicyclic) bond motifs is 1. The van der Waals surface area contributed by atoms with Gasteiger partial charge in [0.25, 0.3) is 0 Å². The van der Waals surface area contributed by atoms with E-state index in [0.29, 0.717) is 39.2 Å². The van der Waals surface area contributed by atoms with Crippen molar-refractivity contribution in [2.75, 3.05) is 21.3 Å². The number of pyridine rings is 1. The number of ether oxygens (including phenoxy) is 4. The quantitative estimate of drug-likeness (QED) is 0.275. The minimum Gasteiger partial charge on any atom is -0.545 e. The van der Waals surface area contributed by atoms with Gasteiger partial charge in [0, 0.05) is 34.1 Å². The Hall–Kier alpha value is -3.04. The molecule has 0 saturated heterocycles. The first-order valence-corrected chi connectivity index (χ1v) is 10.7. The van der Waals surface area contributed by atoms with Crippen LogP contribution in [-0.2, 0) is 4.79 Å². The van der Waals surface area contributed by atoms with E-state index in [4.69, 9.17) is 18.9 Å².